The topological polar surface area (TPSA) is 127 Å². The van der Waals surface area contributed by atoms with Gasteiger partial charge in [0.1, 0.15) is 11.6 Å². The van der Waals surface area contributed by atoms with Gasteiger partial charge in [0.15, 0.2) is 0 Å². The van der Waals surface area contributed by atoms with Crippen LogP contribution in [0.25, 0.3) is 10.9 Å². The molecular weight excluding hydrogens is 461 g/mol. The van der Waals surface area contributed by atoms with Gasteiger partial charge in [-0.05, 0) is 48.5 Å². The minimum atomic E-state index is -3.99. The number of benzene rings is 2. The van der Waals surface area contributed by atoms with E-state index in [-0.39, 0.29) is 16.1 Å². The number of fused-ring (bicyclic) bond motifs is 1. The minimum absolute atomic E-state index is 0.00902. The van der Waals surface area contributed by atoms with Crippen molar-refractivity contribution in [1.29, 1.82) is 5.26 Å². The molecule has 0 saturated carbocycles. The molecule has 0 aliphatic carbocycles. The first kappa shape index (κ1) is 23.4. The van der Waals surface area contributed by atoms with Crippen LogP contribution in [-0.2, 0) is 10.0 Å². The molecule has 0 radical (unpaired) electrons. The molecule has 11 heteroatoms. The Morgan fingerprint density at radius 2 is 1.82 bits per heavy atom. The summed E-state index contributed by atoms with van der Waals surface area (Å²) in [6.45, 7) is 3.49. The largest absolute Gasteiger partial charge is 0.478 e. The predicted octanol–water partition coefficient (Wildman–Crippen LogP) is 2.91. The summed E-state index contributed by atoms with van der Waals surface area (Å²) in [4.78, 5) is 20.7. The van der Waals surface area contributed by atoms with Crippen molar-refractivity contribution in [2.45, 2.75) is 11.3 Å². The number of aromatic carboxylic acids is 1. The number of piperazine rings is 1. The molecule has 1 fully saturated rings. The fourth-order valence-corrected chi connectivity index (χ4v) is 4.90. The lowest BCUT2D eigenvalue weighted by atomic mass is 10.1. The van der Waals surface area contributed by atoms with Crippen LogP contribution in [0, 0.1) is 17.1 Å². The molecule has 1 aliphatic heterocycles. The van der Waals surface area contributed by atoms with E-state index in [1.807, 2.05) is 4.90 Å². The maximum Gasteiger partial charge on any atom is 0.336 e. The summed E-state index contributed by atoms with van der Waals surface area (Å²) in [6, 6.07) is 12.5. The van der Waals surface area contributed by atoms with Gasteiger partial charge in [-0.25, -0.2) is 22.6 Å². The molecule has 1 aliphatic rings. The summed E-state index contributed by atoms with van der Waals surface area (Å²) in [7, 11) is -3.99. The summed E-state index contributed by atoms with van der Waals surface area (Å²) in [5.74, 6) is -1.18. The number of nitrogens with one attached hydrogen (secondary N) is 1. The highest BCUT2D eigenvalue weighted by molar-refractivity contribution is 7.92. The number of anilines is 2. The van der Waals surface area contributed by atoms with E-state index in [0.29, 0.717) is 42.8 Å². The monoisotopic (exact) mass is 483 g/mol. The Hall–Kier alpha value is -3.75. The first-order valence-corrected chi connectivity index (χ1v) is 12.1. The van der Waals surface area contributed by atoms with E-state index < -0.39 is 21.8 Å². The van der Waals surface area contributed by atoms with E-state index in [1.54, 1.807) is 6.07 Å². The lowest BCUT2D eigenvalue weighted by Gasteiger charge is -2.35. The third-order valence-corrected chi connectivity index (χ3v) is 7.04. The average molecular weight is 484 g/mol. The molecule has 4 rings (SSSR count). The lowest BCUT2D eigenvalue weighted by Crippen LogP contribution is -2.46. The van der Waals surface area contributed by atoms with Gasteiger partial charge in [0.05, 0.1) is 22.0 Å². The Balaban J connectivity index is 1.61. The summed E-state index contributed by atoms with van der Waals surface area (Å²) in [6.07, 6.45) is 0.463. The van der Waals surface area contributed by atoms with Crippen molar-refractivity contribution in [1.82, 2.24) is 9.88 Å². The van der Waals surface area contributed by atoms with Gasteiger partial charge in [-0.2, -0.15) is 5.26 Å². The summed E-state index contributed by atoms with van der Waals surface area (Å²) >= 11 is 0. The molecule has 0 bridgehead atoms. The van der Waals surface area contributed by atoms with Crippen LogP contribution in [0.1, 0.15) is 16.8 Å². The molecule has 176 valence electrons. The van der Waals surface area contributed by atoms with Crippen molar-refractivity contribution in [2.24, 2.45) is 0 Å². The molecule has 2 aromatic carbocycles. The third-order valence-electron chi connectivity index (χ3n) is 5.64. The number of pyridine rings is 1. The minimum Gasteiger partial charge on any atom is -0.478 e. The van der Waals surface area contributed by atoms with Gasteiger partial charge in [0, 0.05) is 50.2 Å². The van der Waals surface area contributed by atoms with Crippen LogP contribution in [0.2, 0.25) is 0 Å². The zero-order valence-corrected chi connectivity index (χ0v) is 18.9. The van der Waals surface area contributed by atoms with Crippen molar-refractivity contribution in [3.63, 3.8) is 0 Å². The normalized spacial score (nSPS) is 14.6. The Morgan fingerprint density at radius 3 is 2.47 bits per heavy atom. The fourth-order valence-electron chi connectivity index (χ4n) is 3.85. The number of carboxylic acid groups (broad SMARTS) is 1. The zero-order valence-electron chi connectivity index (χ0n) is 18.1. The Labute approximate surface area is 196 Å². The summed E-state index contributed by atoms with van der Waals surface area (Å²) in [5, 5.41) is 18.9. The maximum absolute atomic E-state index is 13.1. The van der Waals surface area contributed by atoms with Crippen LogP contribution in [-0.4, -0.2) is 62.1 Å². The molecular formula is C23H22FN5O4S. The number of carboxylic acids is 1. The Kier molecular flexibility index (Phi) is 6.63. The van der Waals surface area contributed by atoms with Crippen molar-refractivity contribution < 1.29 is 22.7 Å². The standard InChI is InChI=1S/C23H22FN5O4S/c24-16-2-5-18(6-3-16)34(32,33)27-17-4-7-21-19(14-17)20(23(30)31)15-22(26-21)29-12-10-28(11-13-29)9-1-8-25/h2-7,14-15,27H,1,9-13H2,(H,30,31). The van der Waals surface area contributed by atoms with Crippen LogP contribution in [0.5, 0.6) is 0 Å². The fraction of sp³-hybridized carbons (Fsp3) is 0.261. The first-order chi connectivity index (χ1) is 16.3. The van der Waals surface area contributed by atoms with Gasteiger partial charge in [0.2, 0.25) is 0 Å². The number of nitrogens with zero attached hydrogens (tertiary/aromatic N) is 4. The molecule has 2 heterocycles. The van der Waals surface area contributed by atoms with Crippen molar-refractivity contribution in [2.75, 3.05) is 42.3 Å². The lowest BCUT2D eigenvalue weighted by molar-refractivity contribution is 0.0699. The molecule has 9 nitrogen and oxygen atoms in total. The molecule has 1 aromatic heterocycles. The Bertz CT molecular complexity index is 1360. The van der Waals surface area contributed by atoms with Gasteiger partial charge in [0.25, 0.3) is 10.0 Å². The van der Waals surface area contributed by atoms with E-state index in [1.165, 1.54) is 18.2 Å². The number of nitriles is 1. The molecule has 0 amide bonds. The number of rotatable bonds is 7. The number of hydrogen-bond acceptors (Lipinski definition) is 7. The van der Waals surface area contributed by atoms with E-state index in [4.69, 9.17) is 5.26 Å². The maximum atomic E-state index is 13.1. The Morgan fingerprint density at radius 1 is 1.12 bits per heavy atom. The summed E-state index contributed by atoms with van der Waals surface area (Å²) in [5.41, 5.74) is 0.598. The van der Waals surface area contributed by atoms with Crippen molar-refractivity contribution in [3.05, 3.63) is 59.9 Å². The zero-order chi connectivity index (χ0) is 24.3. The number of carbonyl (C=O) groups is 1. The van der Waals surface area contributed by atoms with Crippen LogP contribution in [0.15, 0.2) is 53.4 Å². The molecule has 3 aromatic rings. The van der Waals surface area contributed by atoms with Gasteiger partial charge in [-0.1, -0.05) is 0 Å². The average Bonchev–Trinajstić information content (AvgIpc) is 2.82. The predicted molar refractivity (Wildman–Crippen MR) is 125 cm³/mol. The second kappa shape index (κ2) is 9.62. The van der Waals surface area contributed by atoms with Crippen LogP contribution in [0.3, 0.4) is 0 Å². The van der Waals surface area contributed by atoms with Crippen LogP contribution >= 0.6 is 0 Å². The number of hydrogen-bond donors (Lipinski definition) is 2. The second-order valence-electron chi connectivity index (χ2n) is 7.86. The molecule has 0 atom stereocenters. The van der Waals surface area contributed by atoms with Gasteiger partial charge in [-0.3, -0.25) is 9.62 Å². The number of halogens is 1. The van der Waals surface area contributed by atoms with E-state index in [0.717, 1.165) is 37.4 Å². The smallest absolute Gasteiger partial charge is 0.336 e. The molecule has 0 spiro atoms. The van der Waals surface area contributed by atoms with Gasteiger partial charge < -0.3 is 10.0 Å². The first-order valence-electron chi connectivity index (χ1n) is 10.6. The van der Waals surface area contributed by atoms with Gasteiger partial charge in [-0.15, -0.1) is 0 Å². The molecule has 0 unspecified atom stereocenters. The molecule has 1 saturated heterocycles. The quantitative estimate of drug-likeness (QED) is 0.525. The number of aromatic nitrogens is 1. The van der Waals surface area contributed by atoms with E-state index in [2.05, 4.69) is 20.7 Å². The SMILES string of the molecule is N#CCCN1CCN(c2cc(C(=O)O)c3cc(NS(=O)(=O)c4ccc(F)cc4)ccc3n2)CC1. The van der Waals surface area contributed by atoms with E-state index >= 15 is 0 Å². The highest BCUT2D eigenvalue weighted by Crippen LogP contribution is 2.28. The second-order valence-corrected chi connectivity index (χ2v) is 9.54. The third kappa shape index (κ3) is 5.08. The summed E-state index contributed by atoms with van der Waals surface area (Å²) < 4.78 is 40.8. The van der Waals surface area contributed by atoms with Crippen molar-refractivity contribution >= 4 is 38.4 Å². The highest BCUT2D eigenvalue weighted by atomic mass is 32.2. The van der Waals surface area contributed by atoms with Crippen molar-refractivity contribution in [3.8, 4) is 6.07 Å². The van der Waals surface area contributed by atoms with Crippen LogP contribution < -0.4 is 9.62 Å². The van der Waals surface area contributed by atoms with Gasteiger partial charge >= 0.3 is 5.97 Å². The highest BCUT2D eigenvalue weighted by Gasteiger charge is 2.21. The van der Waals surface area contributed by atoms with E-state index in [9.17, 15) is 22.7 Å². The number of sulfonamides is 1. The molecule has 34 heavy (non-hydrogen) atoms. The molecule has 2 N–H and O–H groups in total. The van der Waals surface area contributed by atoms with Crippen LogP contribution in [0.4, 0.5) is 15.9 Å².